The zero-order chi connectivity index (χ0) is 9.97. The molecule has 14 heavy (non-hydrogen) atoms. The van der Waals surface area contributed by atoms with E-state index in [0.29, 0.717) is 11.9 Å². The van der Waals surface area contributed by atoms with E-state index in [9.17, 15) is 4.79 Å². The van der Waals surface area contributed by atoms with Crippen LogP contribution in [0.5, 0.6) is 0 Å². The van der Waals surface area contributed by atoms with Gasteiger partial charge in [-0.05, 0) is 18.8 Å². The maximum atomic E-state index is 11.0. The lowest BCUT2D eigenvalue weighted by Gasteiger charge is -2.30. The van der Waals surface area contributed by atoms with E-state index in [2.05, 4.69) is 27.0 Å². The van der Waals surface area contributed by atoms with Crippen molar-refractivity contribution in [2.45, 2.75) is 19.8 Å². The molecule has 0 aliphatic carbocycles. The van der Waals surface area contributed by atoms with E-state index in [1.54, 1.807) is 0 Å². The summed E-state index contributed by atoms with van der Waals surface area (Å²) in [6.07, 6.45) is 3.59. The number of hydrogen-bond donors (Lipinski definition) is 1. The topological polar surface area (TPSA) is 61.9 Å². The normalized spacial score (nSPS) is 22.4. The Bertz CT molecular complexity index is 362. The predicted molar refractivity (Wildman–Crippen MR) is 53.3 cm³/mol. The molecule has 1 aliphatic heterocycles. The molecule has 2 rings (SSSR count). The highest BCUT2D eigenvalue weighted by atomic mass is 16.1. The number of H-pyrrole nitrogens is 1. The molecule has 5 heteroatoms. The standard InChI is InChI=1S/C9H14N4O/c1-7-3-2-4-13(6-7)9-11-8(14)5-10-12-9/h5,7H,2-4,6H2,1H3,(H,11,12,14). The molecular formula is C9H14N4O. The Morgan fingerprint density at radius 3 is 3.21 bits per heavy atom. The zero-order valence-corrected chi connectivity index (χ0v) is 8.23. The van der Waals surface area contributed by atoms with E-state index in [1.165, 1.54) is 12.6 Å². The highest BCUT2D eigenvalue weighted by Crippen LogP contribution is 2.18. The fourth-order valence-corrected chi connectivity index (χ4v) is 1.83. The van der Waals surface area contributed by atoms with Crippen molar-refractivity contribution in [2.24, 2.45) is 5.92 Å². The van der Waals surface area contributed by atoms with Gasteiger partial charge in [-0.2, -0.15) is 0 Å². The molecule has 76 valence electrons. The van der Waals surface area contributed by atoms with Crippen LogP contribution in [0.1, 0.15) is 19.8 Å². The lowest BCUT2D eigenvalue weighted by Crippen LogP contribution is -2.36. The highest BCUT2D eigenvalue weighted by Gasteiger charge is 2.18. The lowest BCUT2D eigenvalue weighted by molar-refractivity contribution is 0.440. The first-order chi connectivity index (χ1) is 6.75. The van der Waals surface area contributed by atoms with Crippen LogP contribution in [0.3, 0.4) is 0 Å². The molecule has 0 amide bonds. The molecule has 1 atom stereocenters. The average Bonchev–Trinajstić information content (AvgIpc) is 2.18. The number of hydrogen-bond acceptors (Lipinski definition) is 4. The molecular weight excluding hydrogens is 180 g/mol. The first kappa shape index (κ1) is 9.18. The van der Waals surface area contributed by atoms with E-state index in [1.807, 2.05) is 0 Å². The number of aromatic amines is 1. The van der Waals surface area contributed by atoms with Gasteiger partial charge in [0.1, 0.15) is 6.20 Å². The van der Waals surface area contributed by atoms with Gasteiger partial charge in [0.15, 0.2) is 0 Å². The fraction of sp³-hybridized carbons (Fsp3) is 0.667. The van der Waals surface area contributed by atoms with Gasteiger partial charge in [0.05, 0.1) is 0 Å². The highest BCUT2D eigenvalue weighted by molar-refractivity contribution is 5.27. The summed E-state index contributed by atoms with van der Waals surface area (Å²) in [6, 6.07) is 0. The summed E-state index contributed by atoms with van der Waals surface area (Å²) in [4.78, 5) is 15.8. The van der Waals surface area contributed by atoms with Gasteiger partial charge in [-0.15, -0.1) is 10.2 Å². The molecule has 2 heterocycles. The average molecular weight is 194 g/mol. The molecule has 0 bridgehead atoms. The minimum atomic E-state index is -0.187. The smallest absolute Gasteiger partial charge is 0.271 e. The lowest BCUT2D eigenvalue weighted by atomic mass is 10.0. The molecule has 0 spiro atoms. The van der Waals surface area contributed by atoms with Crippen LogP contribution < -0.4 is 10.5 Å². The summed E-state index contributed by atoms with van der Waals surface area (Å²) in [5.41, 5.74) is -0.187. The van der Waals surface area contributed by atoms with Crippen LogP contribution in [0, 0.1) is 5.92 Å². The minimum absolute atomic E-state index is 0.187. The van der Waals surface area contributed by atoms with Crippen LogP contribution in [0.4, 0.5) is 5.95 Å². The van der Waals surface area contributed by atoms with Crippen molar-refractivity contribution < 1.29 is 0 Å². The summed E-state index contributed by atoms with van der Waals surface area (Å²) in [5, 5.41) is 7.57. The summed E-state index contributed by atoms with van der Waals surface area (Å²) in [5.74, 6) is 1.26. The summed E-state index contributed by atoms with van der Waals surface area (Å²) >= 11 is 0. The van der Waals surface area contributed by atoms with E-state index in [-0.39, 0.29) is 5.56 Å². The van der Waals surface area contributed by atoms with Gasteiger partial charge < -0.3 is 4.90 Å². The van der Waals surface area contributed by atoms with Gasteiger partial charge in [0.2, 0.25) is 5.95 Å². The van der Waals surface area contributed by atoms with Crippen molar-refractivity contribution in [1.82, 2.24) is 15.2 Å². The predicted octanol–water partition coefficient (Wildman–Crippen LogP) is 0.401. The van der Waals surface area contributed by atoms with Crippen molar-refractivity contribution in [3.63, 3.8) is 0 Å². The molecule has 0 radical (unpaired) electrons. The number of nitrogens with one attached hydrogen (secondary N) is 1. The number of nitrogens with zero attached hydrogens (tertiary/aromatic N) is 3. The number of aromatic nitrogens is 3. The third-order valence-electron chi connectivity index (χ3n) is 2.52. The molecule has 1 aromatic rings. The van der Waals surface area contributed by atoms with E-state index in [0.717, 1.165) is 19.5 Å². The largest absolute Gasteiger partial charge is 0.341 e. The van der Waals surface area contributed by atoms with Crippen LogP contribution in [0.15, 0.2) is 11.0 Å². The molecule has 1 N–H and O–H groups in total. The summed E-state index contributed by atoms with van der Waals surface area (Å²) in [7, 11) is 0. The monoisotopic (exact) mass is 194 g/mol. The molecule has 1 unspecified atom stereocenters. The maximum Gasteiger partial charge on any atom is 0.271 e. The van der Waals surface area contributed by atoms with E-state index in [4.69, 9.17) is 0 Å². The first-order valence-electron chi connectivity index (χ1n) is 4.92. The van der Waals surface area contributed by atoms with Crippen molar-refractivity contribution in [2.75, 3.05) is 18.0 Å². The molecule has 5 nitrogen and oxygen atoms in total. The van der Waals surface area contributed by atoms with Crippen LogP contribution in [0.25, 0.3) is 0 Å². The van der Waals surface area contributed by atoms with Crippen molar-refractivity contribution >= 4 is 5.95 Å². The van der Waals surface area contributed by atoms with Gasteiger partial charge in [-0.3, -0.25) is 9.78 Å². The van der Waals surface area contributed by atoms with Gasteiger partial charge >= 0.3 is 0 Å². The molecule has 1 aliphatic rings. The third kappa shape index (κ3) is 1.92. The summed E-state index contributed by atoms with van der Waals surface area (Å²) < 4.78 is 0. The Kier molecular flexibility index (Phi) is 2.47. The molecule has 1 aromatic heterocycles. The van der Waals surface area contributed by atoms with E-state index < -0.39 is 0 Å². The second-order valence-corrected chi connectivity index (χ2v) is 3.85. The van der Waals surface area contributed by atoms with Crippen LogP contribution in [-0.2, 0) is 0 Å². The van der Waals surface area contributed by atoms with Gasteiger partial charge in [-0.25, -0.2) is 0 Å². The van der Waals surface area contributed by atoms with Crippen molar-refractivity contribution in [1.29, 1.82) is 0 Å². The third-order valence-corrected chi connectivity index (χ3v) is 2.52. The SMILES string of the molecule is CC1CCCN(c2nncc(=O)[nH]2)C1. The molecule has 1 fully saturated rings. The van der Waals surface area contributed by atoms with Crippen LogP contribution in [-0.4, -0.2) is 28.3 Å². The quantitative estimate of drug-likeness (QED) is 0.703. The number of piperidine rings is 1. The molecule has 0 saturated carbocycles. The first-order valence-corrected chi connectivity index (χ1v) is 4.92. The molecule has 0 aromatic carbocycles. The number of anilines is 1. The van der Waals surface area contributed by atoms with E-state index >= 15 is 0 Å². The van der Waals surface area contributed by atoms with Gasteiger partial charge in [-0.1, -0.05) is 6.92 Å². The fourth-order valence-electron chi connectivity index (χ4n) is 1.83. The zero-order valence-electron chi connectivity index (χ0n) is 8.23. The van der Waals surface area contributed by atoms with Crippen molar-refractivity contribution in [3.05, 3.63) is 16.6 Å². The van der Waals surface area contributed by atoms with Crippen molar-refractivity contribution in [3.8, 4) is 0 Å². The number of rotatable bonds is 1. The van der Waals surface area contributed by atoms with Gasteiger partial charge in [0.25, 0.3) is 5.56 Å². The Labute approximate surface area is 82.2 Å². The minimum Gasteiger partial charge on any atom is -0.341 e. The second kappa shape index (κ2) is 3.77. The second-order valence-electron chi connectivity index (χ2n) is 3.85. The Morgan fingerprint density at radius 2 is 2.50 bits per heavy atom. The van der Waals surface area contributed by atoms with Crippen LogP contribution >= 0.6 is 0 Å². The Morgan fingerprint density at radius 1 is 1.64 bits per heavy atom. The Balaban J connectivity index is 2.18. The molecule has 1 saturated heterocycles. The Hall–Kier alpha value is -1.39. The summed E-state index contributed by atoms with van der Waals surface area (Å²) in [6.45, 7) is 4.12. The van der Waals surface area contributed by atoms with Crippen LogP contribution in [0.2, 0.25) is 0 Å². The maximum absolute atomic E-state index is 11.0. The van der Waals surface area contributed by atoms with Gasteiger partial charge in [0, 0.05) is 13.1 Å².